The predicted molar refractivity (Wildman–Crippen MR) is 82.8 cm³/mol. The smallest absolute Gasteiger partial charge is 0.262 e. The summed E-state index contributed by atoms with van der Waals surface area (Å²) in [5.41, 5.74) is 1.86. The summed E-state index contributed by atoms with van der Waals surface area (Å²) in [5.74, 6) is 0.615. The number of nitrogens with zero attached hydrogens (tertiary/aromatic N) is 1. The molecule has 0 saturated carbocycles. The van der Waals surface area contributed by atoms with Crippen LogP contribution in [0, 0.1) is 0 Å². The van der Waals surface area contributed by atoms with Gasteiger partial charge in [0.25, 0.3) is 5.91 Å². The highest BCUT2D eigenvalue weighted by molar-refractivity contribution is 7.15. The average Bonchev–Trinajstić information content (AvgIpc) is 3.13. The van der Waals surface area contributed by atoms with Crippen molar-refractivity contribution in [3.8, 4) is 5.06 Å². The first-order valence-electron chi connectivity index (χ1n) is 6.56. The lowest BCUT2D eigenvalue weighted by Gasteiger charge is -2.10. The number of methoxy groups -OCH3 is 1. The summed E-state index contributed by atoms with van der Waals surface area (Å²) in [5, 5.41) is 3.65. The van der Waals surface area contributed by atoms with Gasteiger partial charge < -0.3 is 15.0 Å². The van der Waals surface area contributed by atoms with Gasteiger partial charge >= 0.3 is 0 Å². The number of carbonyl (C=O) groups excluding carboxylic acids is 1. The van der Waals surface area contributed by atoms with Crippen molar-refractivity contribution in [3.05, 3.63) is 47.1 Å². The van der Waals surface area contributed by atoms with Gasteiger partial charge in [-0.2, -0.15) is 0 Å². The van der Waals surface area contributed by atoms with E-state index in [-0.39, 0.29) is 11.9 Å². The zero-order valence-electron chi connectivity index (χ0n) is 11.7. The number of hydrogen-bond donors (Lipinski definition) is 2. The molecule has 0 aliphatic heterocycles. The normalized spacial score (nSPS) is 12.3. The van der Waals surface area contributed by atoms with Crippen molar-refractivity contribution >= 4 is 28.3 Å². The Morgan fingerprint density at radius 1 is 1.33 bits per heavy atom. The van der Waals surface area contributed by atoms with Gasteiger partial charge in [-0.1, -0.05) is 23.5 Å². The number of imidazole rings is 1. The molecule has 0 bridgehead atoms. The molecule has 108 valence electrons. The maximum absolute atomic E-state index is 12.2. The number of ether oxygens (including phenoxy) is 1. The van der Waals surface area contributed by atoms with Gasteiger partial charge in [0.1, 0.15) is 5.82 Å². The van der Waals surface area contributed by atoms with E-state index in [2.05, 4.69) is 15.3 Å². The Morgan fingerprint density at radius 3 is 2.86 bits per heavy atom. The second-order valence-corrected chi connectivity index (χ2v) is 5.70. The Labute approximate surface area is 126 Å². The highest BCUT2D eigenvalue weighted by Gasteiger charge is 2.16. The van der Waals surface area contributed by atoms with Crippen LogP contribution in [0.15, 0.2) is 36.4 Å². The number of thiophene rings is 1. The standard InChI is InChI=1S/C15H15N3O2S/c1-9(14-17-10-5-3-4-6-11(10)18-14)16-15(19)12-7-8-13(20-2)21-12/h3-9H,1-2H3,(H,16,19)(H,17,18). The van der Waals surface area contributed by atoms with Crippen LogP contribution in [0.25, 0.3) is 11.0 Å². The summed E-state index contributed by atoms with van der Waals surface area (Å²) in [6.45, 7) is 1.90. The van der Waals surface area contributed by atoms with Crippen LogP contribution < -0.4 is 10.1 Å². The molecule has 0 aliphatic rings. The molecule has 2 N–H and O–H groups in total. The Kier molecular flexibility index (Phi) is 3.62. The van der Waals surface area contributed by atoms with Gasteiger partial charge in [0.05, 0.1) is 29.1 Å². The molecule has 3 aromatic rings. The number of carbonyl (C=O) groups is 1. The molecule has 0 fully saturated rings. The Balaban J connectivity index is 1.75. The summed E-state index contributed by atoms with van der Waals surface area (Å²) in [4.78, 5) is 20.5. The Bertz CT molecular complexity index is 745. The highest BCUT2D eigenvalue weighted by atomic mass is 32.1. The molecule has 1 unspecified atom stereocenters. The number of fused-ring (bicyclic) bond motifs is 1. The molecule has 21 heavy (non-hydrogen) atoms. The molecule has 0 spiro atoms. The molecule has 1 atom stereocenters. The zero-order chi connectivity index (χ0) is 14.8. The van der Waals surface area contributed by atoms with E-state index < -0.39 is 0 Å². The predicted octanol–water partition coefficient (Wildman–Crippen LogP) is 3.12. The molecule has 6 heteroatoms. The van der Waals surface area contributed by atoms with E-state index in [0.29, 0.717) is 4.88 Å². The molecule has 1 aromatic carbocycles. The van der Waals surface area contributed by atoms with Gasteiger partial charge in [-0.15, -0.1) is 0 Å². The lowest BCUT2D eigenvalue weighted by Crippen LogP contribution is -2.26. The number of para-hydroxylation sites is 2. The van der Waals surface area contributed by atoms with E-state index in [1.807, 2.05) is 31.2 Å². The van der Waals surface area contributed by atoms with Crippen LogP contribution in [0.1, 0.15) is 28.5 Å². The van der Waals surface area contributed by atoms with Crippen molar-refractivity contribution < 1.29 is 9.53 Å². The van der Waals surface area contributed by atoms with Gasteiger partial charge in [0.2, 0.25) is 0 Å². The number of hydrogen-bond acceptors (Lipinski definition) is 4. The molecule has 0 saturated heterocycles. The van der Waals surface area contributed by atoms with Crippen LogP contribution in [0.4, 0.5) is 0 Å². The third kappa shape index (κ3) is 2.75. The minimum atomic E-state index is -0.196. The first kappa shape index (κ1) is 13.6. The van der Waals surface area contributed by atoms with Crippen molar-refractivity contribution in [1.82, 2.24) is 15.3 Å². The van der Waals surface area contributed by atoms with Gasteiger partial charge in [0.15, 0.2) is 5.06 Å². The van der Waals surface area contributed by atoms with Gasteiger partial charge in [-0.25, -0.2) is 4.98 Å². The fraction of sp³-hybridized carbons (Fsp3) is 0.200. The fourth-order valence-corrected chi connectivity index (χ4v) is 2.79. The van der Waals surface area contributed by atoms with Crippen molar-refractivity contribution in [1.29, 1.82) is 0 Å². The van der Waals surface area contributed by atoms with Crippen LogP contribution in [-0.2, 0) is 0 Å². The number of aromatic amines is 1. The topological polar surface area (TPSA) is 67.0 Å². The molecule has 1 amide bonds. The van der Waals surface area contributed by atoms with Crippen LogP contribution >= 0.6 is 11.3 Å². The largest absolute Gasteiger partial charge is 0.487 e. The zero-order valence-corrected chi connectivity index (χ0v) is 12.5. The first-order chi connectivity index (χ1) is 10.2. The van der Waals surface area contributed by atoms with Crippen molar-refractivity contribution in [2.24, 2.45) is 0 Å². The maximum Gasteiger partial charge on any atom is 0.262 e. The van der Waals surface area contributed by atoms with E-state index in [1.54, 1.807) is 19.2 Å². The van der Waals surface area contributed by atoms with Crippen LogP contribution in [-0.4, -0.2) is 23.0 Å². The van der Waals surface area contributed by atoms with Gasteiger partial charge in [-0.3, -0.25) is 4.79 Å². The minimum absolute atomic E-state index is 0.128. The summed E-state index contributed by atoms with van der Waals surface area (Å²) in [6.07, 6.45) is 0. The van der Waals surface area contributed by atoms with Crippen molar-refractivity contribution in [2.45, 2.75) is 13.0 Å². The number of amides is 1. The number of nitrogens with one attached hydrogen (secondary N) is 2. The average molecular weight is 301 g/mol. The quantitative estimate of drug-likeness (QED) is 0.778. The molecule has 3 rings (SSSR count). The van der Waals surface area contributed by atoms with E-state index in [0.717, 1.165) is 21.9 Å². The summed E-state index contributed by atoms with van der Waals surface area (Å²) < 4.78 is 5.09. The maximum atomic E-state index is 12.2. The van der Waals surface area contributed by atoms with Crippen LogP contribution in [0.2, 0.25) is 0 Å². The van der Waals surface area contributed by atoms with Crippen LogP contribution in [0.5, 0.6) is 5.06 Å². The molecule has 0 aliphatic carbocycles. The number of H-pyrrole nitrogens is 1. The first-order valence-corrected chi connectivity index (χ1v) is 7.38. The molecule has 2 aromatic heterocycles. The molecule has 0 radical (unpaired) electrons. The van der Waals surface area contributed by atoms with E-state index in [1.165, 1.54) is 11.3 Å². The van der Waals surface area contributed by atoms with Gasteiger partial charge in [-0.05, 0) is 31.2 Å². The number of rotatable bonds is 4. The number of benzene rings is 1. The second kappa shape index (κ2) is 5.57. The lowest BCUT2D eigenvalue weighted by atomic mass is 10.3. The minimum Gasteiger partial charge on any atom is -0.487 e. The molecular weight excluding hydrogens is 286 g/mol. The van der Waals surface area contributed by atoms with Gasteiger partial charge in [0, 0.05) is 0 Å². The molecular formula is C15H15N3O2S. The van der Waals surface area contributed by atoms with E-state index in [4.69, 9.17) is 4.74 Å². The summed E-state index contributed by atoms with van der Waals surface area (Å²) in [6, 6.07) is 11.1. The van der Waals surface area contributed by atoms with Crippen LogP contribution in [0.3, 0.4) is 0 Å². The van der Waals surface area contributed by atoms with Crippen molar-refractivity contribution in [2.75, 3.05) is 7.11 Å². The lowest BCUT2D eigenvalue weighted by molar-refractivity contribution is 0.0942. The molecule has 2 heterocycles. The second-order valence-electron chi connectivity index (χ2n) is 4.66. The third-order valence-electron chi connectivity index (χ3n) is 3.17. The molecule has 5 nitrogen and oxygen atoms in total. The summed E-state index contributed by atoms with van der Waals surface area (Å²) >= 11 is 1.32. The SMILES string of the molecule is COc1ccc(C(=O)NC(C)c2nc3ccccc3[nH]2)s1. The third-order valence-corrected chi connectivity index (χ3v) is 4.22. The summed E-state index contributed by atoms with van der Waals surface area (Å²) in [7, 11) is 1.59. The number of aromatic nitrogens is 2. The Hall–Kier alpha value is -2.34. The monoisotopic (exact) mass is 301 g/mol. The fourth-order valence-electron chi connectivity index (χ4n) is 2.07. The van der Waals surface area contributed by atoms with E-state index >= 15 is 0 Å². The van der Waals surface area contributed by atoms with E-state index in [9.17, 15) is 4.79 Å². The van der Waals surface area contributed by atoms with Crippen molar-refractivity contribution in [3.63, 3.8) is 0 Å². The Morgan fingerprint density at radius 2 is 2.14 bits per heavy atom. The highest BCUT2D eigenvalue weighted by Crippen LogP contribution is 2.24.